The maximum atomic E-state index is 9.47. The van der Waals surface area contributed by atoms with Crippen LogP contribution in [0.3, 0.4) is 0 Å². The van der Waals surface area contributed by atoms with Crippen LogP contribution in [0.5, 0.6) is 0 Å². The molecule has 0 amide bonds. The van der Waals surface area contributed by atoms with Crippen LogP contribution in [0, 0.1) is 45.3 Å². The fourth-order valence-electron chi connectivity index (χ4n) is 5.75. The first-order valence-corrected chi connectivity index (χ1v) is 15.2. The molecular weight excluding hydrogens is 583 g/mol. The highest BCUT2D eigenvalue weighted by molar-refractivity contribution is 7.25. The third kappa shape index (κ3) is 5.19. The van der Waals surface area contributed by atoms with Gasteiger partial charge in [0.25, 0.3) is 0 Å². The molecule has 1 heterocycles. The van der Waals surface area contributed by atoms with Crippen LogP contribution in [0.15, 0.2) is 127 Å². The van der Waals surface area contributed by atoms with Gasteiger partial charge in [0.2, 0.25) is 0 Å². The number of nitriles is 4. The minimum absolute atomic E-state index is 0.443. The molecule has 0 aliphatic rings. The van der Waals surface area contributed by atoms with E-state index >= 15 is 0 Å². The Bertz CT molecular complexity index is 2280. The Balaban J connectivity index is 1.34. The van der Waals surface area contributed by atoms with Gasteiger partial charge >= 0.3 is 0 Å². The summed E-state index contributed by atoms with van der Waals surface area (Å²) in [5.74, 6) is 0. The second kappa shape index (κ2) is 11.8. The second-order valence-electron chi connectivity index (χ2n) is 10.8. The molecule has 0 bridgehead atoms. The summed E-state index contributed by atoms with van der Waals surface area (Å²) >= 11 is 1.77. The molecule has 0 saturated heterocycles. The van der Waals surface area contributed by atoms with Crippen LogP contribution in [-0.4, -0.2) is 0 Å². The highest BCUT2D eigenvalue weighted by Gasteiger charge is 2.16. The lowest BCUT2D eigenvalue weighted by molar-refractivity contribution is 1.29. The van der Waals surface area contributed by atoms with Crippen molar-refractivity contribution in [2.75, 3.05) is 4.90 Å². The fraction of sp³-hybridized carbons (Fsp3) is 0. The molecule has 0 saturated carbocycles. The van der Waals surface area contributed by atoms with E-state index < -0.39 is 0 Å². The van der Waals surface area contributed by atoms with E-state index in [1.54, 1.807) is 47.7 Å². The van der Waals surface area contributed by atoms with Crippen LogP contribution in [0.2, 0.25) is 0 Å². The van der Waals surface area contributed by atoms with Gasteiger partial charge in [-0.2, -0.15) is 21.0 Å². The van der Waals surface area contributed by atoms with Gasteiger partial charge in [0, 0.05) is 37.2 Å². The fourth-order valence-corrected chi connectivity index (χ4v) is 6.84. The number of thiophene rings is 1. The zero-order chi connectivity index (χ0) is 31.6. The van der Waals surface area contributed by atoms with E-state index in [-0.39, 0.29) is 0 Å². The highest BCUT2D eigenvalue weighted by Crippen LogP contribution is 2.41. The maximum absolute atomic E-state index is 9.47. The number of hydrogen-bond acceptors (Lipinski definition) is 6. The Morgan fingerprint density at radius 3 is 1.30 bits per heavy atom. The van der Waals surface area contributed by atoms with E-state index in [1.807, 2.05) is 48.5 Å². The van der Waals surface area contributed by atoms with Gasteiger partial charge in [0.15, 0.2) is 0 Å². The predicted molar refractivity (Wildman–Crippen MR) is 184 cm³/mol. The molecule has 0 N–H and O–H groups in total. The van der Waals surface area contributed by atoms with Gasteiger partial charge in [0.1, 0.15) is 0 Å². The lowest BCUT2D eigenvalue weighted by Crippen LogP contribution is -2.09. The summed E-state index contributed by atoms with van der Waals surface area (Å²) in [6, 6.07) is 50.1. The molecule has 212 valence electrons. The van der Waals surface area contributed by atoms with E-state index in [0.717, 1.165) is 39.3 Å². The van der Waals surface area contributed by atoms with Gasteiger partial charge in [-0.25, -0.2) is 0 Å². The zero-order valence-corrected chi connectivity index (χ0v) is 25.1. The third-order valence-electron chi connectivity index (χ3n) is 7.92. The average molecular weight is 604 g/mol. The van der Waals surface area contributed by atoms with Crippen LogP contribution in [0.25, 0.3) is 42.4 Å². The first-order valence-electron chi connectivity index (χ1n) is 14.4. The van der Waals surface area contributed by atoms with E-state index in [1.165, 1.54) is 20.2 Å². The van der Waals surface area contributed by atoms with Crippen molar-refractivity contribution < 1.29 is 0 Å². The minimum atomic E-state index is 0.443. The largest absolute Gasteiger partial charge is 0.310 e. The Labute approximate surface area is 269 Å². The van der Waals surface area contributed by atoms with E-state index in [9.17, 15) is 21.0 Å². The van der Waals surface area contributed by atoms with Crippen molar-refractivity contribution in [2.24, 2.45) is 0 Å². The maximum Gasteiger partial charge on any atom is 0.0992 e. The lowest BCUT2D eigenvalue weighted by Gasteiger charge is -2.26. The molecule has 5 nitrogen and oxygen atoms in total. The molecule has 6 aromatic carbocycles. The van der Waals surface area contributed by atoms with Crippen molar-refractivity contribution in [3.05, 3.63) is 150 Å². The Morgan fingerprint density at radius 1 is 0.391 bits per heavy atom. The molecule has 0 spiro atoms. The predicted octanol–water partition coefficient (Wildman–Crippen LogP) is 10.3. The Kier molecular flexibility index (Phi) is 7.18. The van der Waals surface area contributed by atoms with Crippen molar-refractivity contribution in [3.8, 4) is 46.5 Å². The van der Waals surface area contributed by atoms with Gasteiger partial charge < -0.3 is 4.90 Å². The first kappa shape index (κ1) is 28.1. The first-order chi connectivity index (χ1) is 22.6. The minimum Gasteiger partial charge on any atom is -0.310 e. The summed E-state index contributed by atoms with van der Waals surface area (Å²) in [5.41, 5.74) is 8.05. The molecule has 7 rings (SSSR count). The van der Waals surface area contributed by atoms with E-state index in [0.29, 0.717) is 22.3 Å². The van der Waals surface area contributed by atoms with Crippen molar-refractivity contribution >= 4 is 48.6 Å². The quantitative estimate of drug-likeness (QED) is 0.195. The number of rotatable bonds is 5. The monoisotopic (exact) mass is 603 g/mol. The Morgan fingerprint density at radius 2 is 0.826 bits per heavy atom. The standard InChI is InChI=1S/C40H21N5S/c41-22-26-15-27(23-42)18-32(17-26)30-5-9-34(10-6-30)45(36-13-14-40-38(21-36)37-3-1-2-4-39(37)46-40)35-11-7-31(8-12-35)33-19-28(24-43)16-29(20-33)25-44/h1-21H. The van der Waals surface area contributed by atoms with Gasteiger partial charge in [-0.15, -0.1) is 11.3 Å². The van der Waals surface area contributed by atoms with Gasteiger partial charge in [-0.3, -0.25) is 0 Å². The van der Waals surface area contributed by atoms with Gasteiger partial charge in [0.05, 0.1) is 46.5 Å². The molecule has 0 radical (unpaired) electrons. The molecule has 1 aromatic heterocycles. The topological polar surface area (TPSA) is 98.4 Å². The summed E-state index contributed by atoms with van der Waals surface area (Å²) in [7, 11) is 0. The second-order valence-corrected chi connectivity index (χ2v) is 11.8. The average Bonchev–Trinajstić information content (AvgIpc) is 3.50. The van der Waals surface area contributed by atoms with Crippen molar-refractivity contribution in [3.63, 3.8) is 0 Å². The van der Waals surface area contributed by atoms with Crippen molar-refractivity contribution in [1.82, 2.24) is 0 Å². The van der Waals surface area contributed by atoms with Crippen molar-refractivity contribution in [1.29, 1.82) is 21.0 Å². The molecule has 0 aliphatic carbocycles. The smallest absolute Gasteiger partial charge is 0.0992 e. The third-order valence-corrected chi connectivity index (χ3v) is 9.07. The molecule has 0 aliphatic heterocycles. The summed E-state index contributed by atoms with van der Waals surface area (Å²) < 4.78 is 2.45. The molecule has 46 heavy (non-hydrogen) atoms. The molecular formula is C40H21N5S. The van der Waals surface area contributed by atoms with Crippen LogP contribution < -0.4 is 4.90 Å². The van der Waals surface area contributed by atoms with E-state index in [4.69, 9.17) is 0 Å². The SMILES string of the molecule is N#Cc1cc(C#N)cc(-c2ccc(N(c3ccc(-c4cc(C#N)cc(C#N)c4)cc3)c3ccc4sc5ccccc5c4c3)cc2)c1. The summed E-state index contributed by atoms with van der Waals surface area (Å²) in [6.07, 6.45) is 0. The van der Waals surface area contributed by atoms with Crippen LogP contribution >= 0.6 is 11.3 Å². The molecule has 7 aromatic rings. The normalized spacial score (nSPS) is 10.5. The zero-order valence-electron chi connectivity index (χ0n) is 24.3. The number of fused-ring (bicyclic) bond motifs is 3. The lowest BCUT2D eigenvalue weighted by atomic mass is 9.99. The number of anilines is 3. The van der Waals surface area contributed by atoms with Crippen LogP contribution in [0.1, 0.15) is 22.3 Å². The number of hydrogen-bond donors (Lipinski definition) is 0. The summed E-state index contributed by atoms with van der Waals surface area (Å²) in [6.45, 7) is 0. The van der Waals surface area contributed by atoms with Gasteiger partial charge in [-0.05, 0) is 107 Å². The van der Waals surface area contributed by atoms with Gasteiger partial charge in [-0.1, -0.05) is 42.5 Å². The molecule has 0 atom stereocenters. The highest BCUT2D eigenvalue weighted by atomic mass is 32.1. The number of benzene rings is 6. The number of nitrogens with zero attached hydrogens (tertiary/aromatic N) is 5. The molecule has 0 unspecified atom stereocenters. The summed E-state index contributed by atoms with van der Waals surface area (Å²) in [4.78, 5) is 2.19. The molecule has 6 heteroatoms. The van der Waals surface area contributed by atoms with Crippen LogP contribution in [-0.2, 0) is 0 Å². The summed E-state index contributed by atoms with van der Waals surface area (Å²) in [5, 5.41) is 40.3. The van der Waals surface area contributed by atoms with Crippen molar-refractivity contribution in [2.45, 2.75) is 0 Å². The van der Waals surface area contributed by atoms with E-state index in [2.05, 4.69) is 71.6 Å². The van der Waals surface area contributed by atoms with Crippen LogP contribution in [0.4, 0.5) is 17.1 Å². The Hall–Kier alpha value is -6.70. The molecule has 0 fully saturated rings.